The summed E-state index contributed by atoms with van der Waals surface area (Å²) in [6.45, 7) is 3.87. The monoisotopic (exact) mass is 354 g/mol. The molecule has 0 aliphatic heterocycles. The Morgan fingerprint density at radius 2 is 1.65 bits per heavy atom. The SMILES string of the molecule is CCOC(=O)c1ccc(OCC(=O)NN=C(CC)c2ccccc2)cc1. The molecule has 136 valence electrons. The molecular formula is C20H22N2O4. The first kappa shape index (κ1) is 19.2. The van der Waals surface area contributed by atoms with Crippen LogP contribution < -0.4 is 10.2 Å². The Hall–Kier alpha value is -3.15. The van der Waals surface area contributed by atoms with E-state index in [9.17, 15) is 9.59 Å². The van der Waals surface area contributed by atoms with Crippen LogP contribution in [0, 0.1) is 0 Å². The van der Waals surface area contributed by atoms with Gasteiger partial charge >= 0.3 is 5.97 Å². The fraction of sp³-hybridized carbons (Fsp3) is 0.250. The Balaban J connectivity index is 1.86. The van der Waals surface area contributed by atoms with Crippen LogP contribution in [-0.2, 0) is 9.53 Å². The summed E-state index contributed by atoms with van der Waals surface area (Å²) >= 11 is 0. The highest BCUT2D eigenvalue weighted by molar-refractivity contribution is 6.00. The molecule has 0 aliphatic rings. The molecule has 1 amide bonds. The zero-order valence-electron chi connectivity index (χ0n) is 14.9. The molecule has 0 unspecified atom stereocenters. The van der Waals surface area contributed by atoms with Crippen molar-refractivity contribution >= 4 is 17.6 Å². The Bertz CT molecular complexity index is 755. The van der Waals surface area contributed by atoms with Gasteiger partial charge in [0.05, 0.1) is 17.9 Å². The second-order valence-electron chi connectivity index (χ2n) is 5.35. The van der Waals surface area contributed by atoms with E-state index in [4.69, 9.17) is 9.47 Å². The summed E-state index contributed by atoms with van der Waals surface area (Å²) in [6, 6.07) is 16.1. The summed E-state index contributed by atoms with van der Waals surface area (Å²) in [4.78, 5) is 23.5. The second kappa shape index (κ2) is 9.98. The van der Waals surface area contributed by atoms with E-state index in [1.165, 1.54) is 0 Å². The number of carbonyl (C=O) groups excluding carboxylic acids is 2. The lowest BCUT2D eigenvalue weighted by atomic mass is 10.1. The minimum absolute atomic E-state index is 0.173. The van der Waals surface area contributed by atoms with Crippen molar-refractivity contribution in [3.8, 4) is 5.75 Å². The number of benzene rings is 2. The maximum atomic E-state index is 11.9. The van der Waals surface area contributed by atoms with Crippen molar-refractivity contribution in [2.45, 2.75) is 20.3 Å². The van der Waals surface area contributed by atoms with E-state index in [2.05, 4.69) is 10.5 Å². The maximum Gasteiger partial charge on any atom is 0.338 e. The van der Waals surface area contributed by atoms with Crippen LogP contribution in [0.2, 0.25) is 0 Å². The van der Waals surface area contributed by atoms with Crippen LogP contribution in [0.1, 0.15) is 36.2 Å². The highest BCUT2D eigenvalue weighted by Crippen LogP contribution is 2.13. The van der Waals surface area contributed by atoms with Gasteiger partial charge in [-0.05, 0) is 43.2 Å². The van der Waals surface area contributed by atoms with Crippen molar-refractivity contribution in [3.05, 3.63) is 65.7 Å². The van der Waals surface area contributed by atoms with Crippen LogP contribution in [0.4, 0.5) is 0 Å². The quantitative estimate of drug-likeness (QED) is 0.449. The molecule has 0 saturated heterocycles. The largest absolute Gasteiger partial charge is 0.484 e. The normalized spacial score (nSPS) is 10.9. The van der Waals surface area contributed by atoms with E-state index >= 15 is 0 Å². The Kier molecular flexibility index (Phi) is 7.36. The molecule has 6 nitrogen and oxygen atoms in total. The number of esters is 1. The van der Waals surface area contributed by atoms with Crippen molar-refractivity contribution in [2.24, 2.45) is 5.10 Å². The van der Waals surface area contributed by atoms with E-state index in [-0.39, 0.29) is 18.5 Å². The molecule has 1 N–H and O–H groups in total. The predicted octanol–water partition coefficient (Wildman–Crippen LogP) is 3.17. The van der Waals surface area contributed by atoms with Crippen LogP contribution in [0.5, 0.6) is 5.75 Å². The second-order valence-corrected chi connectivity index (χ2v) is 5.35. The van der Waals surface area contributed by atoms with Gasteiger partial charge in [-0.2, -0.15) is 5.10 Å². The zero-order valence-corrected chi connectivity index (χ0v) is 14.9. The van der Waals surface area contributed by atoms with Crippen molar-refractivity contribution in [1.29, 1.82) is 0 Å². The van der Waals surface area contributed by atoms with Crippen LogP contribution >= 0.6 is 0 Å². The maximum absolute atomic E-state index is 11.9. The Labute approximate surface area is 152 Å². The van der Waals surface area contributed by atoms with Gasteiger partial charge in [0, 0.05) is 0 Å². The summed E-state index contributed by atoms with van der Waals surface area (Å²) in [6.07, 6.45) is 0.695. The van der Waals surface area contributed by atoms with Crippen molar-refractivity contribution < 1.29 is 19.1 Å². The van der Waals surface area contributed by atoms with Gasteiger partial charge in [-0.3, -0.25) is 4.79 Å². The fourth-order valence-corrected chi connectivity index (χ4v) is 2.19. The van der Waals surface area contributed by atoms with Gasteiger partial charge in [0.25, 0.3) is 5.91 Å². The predicted molar refractivity (Wildman–Crippen MR) is 99.3 cm³/mol. The Morgan fingerprint density at radius 1 is 0.962 bits per heavy atom. The van der Waals surface area contributed by atoms with Crippen LogP contribution in [-0.4, -0.2) is 30.8 Å². The van der Waals surface area contributed by atoms with Gasteiger partial charge in [-0.15, -0.1) is 0 Å². The fourth-order valence-electron chi connectivity index (χ4n) is 2.19. The van der Waals surface area contributed by atoms with E-state index < -0.39 is 0 Å². The first-order valence-corrected chi connectivity index (χ1v) is 8.44. The van der Waals surface area contributed by atoms with Gasteiger partial charge in [0.15, 0.2) is 6.61 Å². The summed E-state index contributed by atoms with van der Waals surface area (Å²) in [5.74, 6) is -0.267. The lowest BCUT2D eigenvalue weighted by Crippen LogP contribution is -2.26. The lowest BCUT2D eigenvalue weighted by molar-refractivity contribution is -0.123. The van der Waals surface area contributed by atoms with E-state index in [0.717, 1.165) is 11.3 Å². The summed E-state index contributed by atoms with van der Waals surface area (Å²) in [5.41, 5.74) is 4.69. The van der Waals surface area contributed by atoms with Crippen LogP contribution in [0.15, 0.2) is 59.7 Å². The first-order valence-electron chi connectivity index (χ1n) is 8.44. The molecule has 0 bridgehead atoms. The van der Waals surface area contributed by atoms with E-state index in [0.29, 0.717) is 24.3 Å². The van der Waals surface area contributed by atoms with Gasteiger partial charge in [-0.25, -0.2) is 10.2 Å². The highest BCUT2D eigenvalue weighted by Gasteiger charge is 2.07. The Morgan fingerprint density at radius 3 is 2.27 bits per heavy atom. The molecule has 0 aromatic heterocycles. The average molecular weight is 354 g/mol. The molecule has 0 spiro atoms. The number of nitrogens with one attached hydrogen (secondary N) is 1. The summed E-state index contributed by atoms with van der Waals surface area (Å²) in [7, 11) is 0. The number of hydrogen-bond acceptors (Lipinski definition) is 5. The molecule has 0 radical (unpaired) electrons. The number of rotatable bonds is 8. The first-order chi connectivity index (χ1) is 12.6. The third kappa shape index (κ3) is 5.73. The van der Waals surface area contributed by atoms with Gasteiger partial charge < -0.3 is 9.47 Å². The number of nitrogens with zero attached hydrogens (tertiary/aromatic N) is 1. The minimum atomic E-state index is -0.390. The smallest absolute Gasteiger partial charge is 0.338 e. The van der Waals surface area contributed by atoms with E-state index in [1.54, 1.807) is 31.2 Å². The number of carbonyl (C=O) groups is 2. The molecule has 2 aromatic rings. The van der Waals surface area contributed by atoms with Crippen LogP contribution in [0.3, 0.4) is 0 Å². The van der Waals surface area contributed by atoms with Gasteiger partial charge in [0.2, 0.25) is 0 Å². The highest BCUT2D eigenvalue weighted by atomic mass is 16.5. The molecule has 2 rings (SSSR count). The number of amides is 1. The topological polar surface area (TPSA) is 77.0 Å². The lowest BCUT2D eigenvalue weighted by Gasteiger charge is -2.07. The third-order valence-electron chi connectivity index (χ3n) is 3.49. The number of hydrogen-bond donors (Lipinski definition) is 1. The molecule has 26 heavy (non-hydrogen) atoms. The molecule has 0 heterocycles. The van der Waals surface area contributed by atoms with Gasteiger partial charge in [-0.1, -0.05) is 37.3 Å². The zero-order chi connectivity index (χ0) is 18.8. The average Bonchev–Trinajstić information content (AvgIpc) is 2.68. The summed E-state index contributed by atoms with van der Waals surface area (Å²) in [5, 5.41) is 4.16. The van der Waals surface area contributed by atoms with Crippen LogP contribution in [0.25, 0.3) is 0 Å². The molecular weight excluding hydrogens is 332 g/mol. The van der Waals surface area contributed by atoms with Gasteiger partial charge in [0.1, 0.15) is 5.75 Å². The molecule has 2 aromatic carbocycles. The number of hydrazone groups is 1. The molecule has 6 heteroatoms. The molecule has 0 aliphatic carbocycles. The molecule has 0 saturated carbocycles. The third-order valence-corrected chi connectivity index (χ3v) is 3.49. The number of ether oxygens (including phenoxy) is 2. The van der Waals surface area contributed by atoms with Crippen molar-refractivity contribution in [3.63, 3.8) is 0 Å². The minimum Gasteiger partial charge on any atom is -0.484 e. The van der Waals surface area contributed by atoms with Crippen molar-refractivity contribution in [2.75, 3.05) is 13.2 Å². The molecule has 0 atom stereocenters. The van der Waals surface area contributed by atoms with Crippen molar-refractivity contribution in [1.82, 2.24) is 5.43 Å². The standard InChI is InChI=1S/C20H22N2O4/c1-3-18(15-8-6-5-7-9-15)21-22-19(23)14-26-17-12-10-16(11-13-17)20(24)25-4-2/h5-13H,3-4,14H2,1-2H3,(H,22,23). The molecule has 0 fully saturated rings. The summed E-state index contributed by atoms with van der Waals surface area (Å²) < 4.78 is 10.3. The van der Waals surface area contributed by atoms with E-state index in [1.807, 2.05) is 37.3 Å².